The van der Waals surface area contributed by atoms with Crippen molar-refractivity contribution in [3.05, 3.63) is 23.0 Å². The summed E-state index contributed by atoms with van der Waals surface area (Å²) in [6.07, 6.45) is 1.70. The molecule has 0 N–H and O–H groups in total. The zero-order chi connectivity index (χ0) is 9.14. The molecule has 0 aliphatic heterocycles. The molecule has 0 saturated carbocycles. The van der Waals surface area contributed by atoms with Crippen LogP contribution in [0, 0.1) is 11.7 Å². The van der Waals surface area contributed by atoms with Crippen molar-refractivity contribution >= 4 is 11.6 Å². The summed E-state index contributed by atoms with van der Waals surface area (Å²) in [7, 11) is 0. The second-order valence-electron chi connectivity index (χ2n) is 3.03. The number of hydrogen-bond acceptors (Lipinski definition) is 2. The molecule has 0 fully saturated rings. The molecule has 0 atom stereocenters. The lowest BCUT2D eigenvalue weighted by atomic mass is 10.1. The summed E-state index contributed by atoms with van der Waals surface area (Å²) in [5, 5.41) is 0.104. The van der Waals surface area contributed by atoms with Crippen molar-refractivity contribution in [1.29, 1.82) is 0 Å². The predicted molar refractivity (Wildman–Crippen MR) is 45.5 cm³/mol. The largest absolute Gasteiger partial charge is 0.223 e. The number of hydrogen-bond donors (Lipinski definition) is 0. The van der Waals surface area contributed by atoms with Crippen LogP contribution in [0.4, 0.5) is 4.39 Å². The minimum Gasteiger partial charge on any atom is -0.223 e. The number of rotatable bonds is 2. The number of halogens is 2. The highest BCUT2D eigenvalue weighted by Gasteiger charge is 2.07. The highest BCUT2D eigenvalue weighted by atomic mass is 35.5. The molecule has 0 bridgehead atoms. The van der Waals surface area contributed by atoms with Gasteiger partial charge in [0.25, 0.3) is 0 Å². The van der Waals surface area contributed by atoms with Gasteiger partial charge in [0.1, 0.15) is 0 Å². The molecule has 1 heterocycles. The van der Waals surface area contributed by atoms with E-state index < -0.39 is 0 Å². The van der Waals surface area contributed by atoms with Gasteiger partial charge in [0, 0.05) is 0 Å². The van der Waals surface area contributed by atoms with Gasteiger partial charge in [-0.1, -0.05) is 13.8 Å². The van der Waals surface area contributed by atoms with Gasteiger partial charge >= 0.3 is 0 Å². The molecule has 66 valence electrons. The molecule has 0 aliphatic carbocycles. The van der Waals surface area contributed by atoms with E-state index in [4.69, 9.17) is 11.6 Å². The van der Waals surface area contributed by atoms with Gasteiger partial charge in [-0.3, -0.25) is 0 Å². The topological polar surface area (TPSA) is 25.8 Å². The van der Waals surface area contributed by atoms with Gasteiger partial charge in [-0.15, -0.1) is 0 Å². The quantitative estimate of drug-likeness (QED) is 0.667. The van der Waals surface area contributed by atoms with Crippen LogP contribution < -0.4 is 0 Å². The van der Waals surface area contributed by atoms with Gasteiger partial charge in [-0.2, -0.15) is 0 Å². The van der Waals surface area contributed by atoms with Crippen molar-refractivity contribution in [2.45, 2.75) is 20.3 Å². The third-order valence-electron chi connectivity index (χ3n) is 1.39. The Labute approximate surface area is 75.8 Å². The Hall–Kier alpha value is -0.700. The average Bonchev–Trinajstić information content (AvgIpc) is 1.96. The molecule has 1 aromatic heterocycles. The van der Waals surface area contributed by atoms with Crippen molar-refractivity contribution in [3.63, 3.8) is 0 Å². The van der Waals surface area contributed by atoms with Crippen LogP contribution in [-0.2, 0) is 6.42 Å². The van der Waals surface area contributed by atoms with E-state index in [1.165, 1.54) is 0 Å². The summed E-state index contributed by atoms with van der Waals surface area (Å²) < 4.78 is 12.9. The van der Waals surface area contributed by atoms with Crippen LogP contribution in [0.2, 0.25) is 5.28 Å². The molecule has 0 saturated heterocycles. The number of nitrogens with zero attached hydrogens (tertiary/aromatic N) is 2. The Balaban J connectivity index is 2.90. The van der Waals surface area contributed by atoms with E-state index in [2.05, 4.69) is 9.97 Å². The second-order valence-corrected chi connectivity index (χ2v) is 3.37. The van der Waals surface area contributed by atoms with Gasteiger partial charge in [-0.05, 0) is 23.9 Å². The highest BCUT2D eigenvalue weighted by molar-refractivity contribution is 6.28. The van der Waals surface area contributed by atoms with Crippen molar-refractivity contribution in [3.8, 4) is 0 Å². The minimum atomic E-state index is -0.381. The molecular formula is C8H10ClFN2. The SMILES string of the molecule is CC(C)Cc1nc(Cl)ncc1F. The van der Waals surface area contributed by atoms with Crippen LogP contribution in [0.1, 0.15) is 19.5 Å². The van der Waals surface area contributed by atoms with Gasteiger partial charge in [-0.25, -0.2) is 14.4 Å². The van der Waals surface area contributed by atoms with Crippen LogP contribution in [0.5, 0.6) is 0 Å². The van der Waals surface area contributed by atoms with Gasteiger partial charge < -0.3 is 0 Å². The Morgan fingerprint density at radius 2 is 2.25 bits per heavy atom. The lowest BCUT2D eigenvalue weighted by Crippen LogP contribution is -2.02. The van der Waals surface area contributed by atoms with Gasteiger partial charge in [0.2, 0.25) is 5.28 Å². The first-order chi connectivity index (χ1) is 5.59. The molecule has 0 radical (unpaired) electrons. The van der Waals surface area contributed by atoms with Crippen molar-refractivity contribution in [1.82, 2.24) is 9.97 Å². The fourth-order valence-electron chi connectivity index (χ4n) is 0.908. The predicted octanol–water partition coefficient (Wildman–Crippen LogP) is 2.47. The lowest BCUT2D eigenvalue weighted by molar-refractivity contribution is 0.553. The highest BCUT2D eigenvalue weighted by Crippen LogP contribution is 2.11. The third-order valence-corrected chi connectivity index (χ3v) is 1.57. The summed E-state index contributed by atoms with van der Waals surface area (Å²) in [4.78, 5) is 7.32. The summed E-state index contributed by atoms with van der Waals surface area (Å²) in [5.74, 6) is -0.0152. The smallest absolute Gasteiger partial charge is 0.222 e. The summed E-state index contributed by atoms with van der Waals surface area (Å²) in [5.41, 5.74) is 0.394. The van der Waals surface area contributed by atoms with E-state index in [-0.39, 0.29) is 11.1 Å². The van der Waals surface area contributed by atoms with E-state index in [9.17, 15) is 4.39 Å². The zero-order valence-electron chi connectivity index (χ0n) is 7.01. The zero-order valence-corrected chi connectivity index (χ0v) is 7.77. The first kappa shape index (κ1) is 9.39. The van der Waals surface area contributed by atoms with Crippen LogP contribution in [-0.4, -0.2) is 9.97 Å². The molecular weight excluding hydrogens is 179 g/mol. The standard InChI is InChI=1S/C8H10ClFN2/c1-5(2)3-7-6(10)4-11-8(9)12-7/h4-5H,3H2,1-2H3. The maximum Gasteiger partial charge on any atom is 0.222 e. The Morgan fingerprint density at radius 3 is 2.83 bits per heavy atom. The summed E-state index contributed by atoms with van der Waals surface area (Å²) in [6.45, 7) is 3.99. The third kappa shape index (κ3) is 2.41. The normalized spacial score (nSPS) is 10.8. The molecule has 0 aliphatic rings. The van der Waals surface area contributed by atoms with E-state index in [1.807, 2.05) is 13.8 Å². The van der Waals surface area contributed by atoms with E-state index in [0.29, 0.717) is 18.0 Å². The van der Waals surface area contributed by atoms with Crippen molar-refractivity contribution in [2.24, 2.45) is 5.92 Å². The Bertz CT molecular complexity index is 276. The van der Waals surface area contributed by atoms with Crippen LogP contribution in [0.25, 0.3) is 0 Å². The molecule has 0 spiro atoms. The number of aromatic nitrogens is 2. The molecule has 1 rings (SSSR count). The lowest BCUT2D eigenvalue weighted by Gasteiger charge is -2.04. The van der Waals surface area contributed by atoms with Gasteiger partial charge in [0.05, 0.1) is 11.9 Å². The maximum atomic E-state index is 12.9. The molecule has 0 amide bonds. The van der Waals surface area contributed by atoms with Crippen LogP contribution in [0.3, 0.4) is 0 Å². The Kier molecular flexibility index (Phi) is 2.98. The fraction of sp³-hybridized carbons (Fsp3) is 0.500. The van der Waals surface area contributed by atoms with E-state index in [0.717, 1.165) is 6.20 Å². The monoisotopic (exact) mass is 188 g/mol. The minimum absolute atomic E-state index is 0.104. The summed E-state index contributed by atoms with van der Waals surface area (Å²) >= 11 is 5.51. The summed E-state index contributed by atoms with van der Waals surface area (Å²) in [6, 6.07) is 0. The average molecular weight is 189 g/mol. The molecule has 1 aromatic rings. The first-order valence-corrected chi connectivity index (χ1v) is 4.14. The van der Waals surface area contributed by atoms with Gasteiger partial charge in [0.15, 0.2) is 5.82 Å². The van der Waals surface area contributed by atoms with E-state index in [1.54, 1.807) is 0 Å². The molecule has 0 unspecified atom stereocenters. The fourth-order valence-corrected chi connectivity index (χ4v) is 1.06. The van der Waals surface area contributed by atoms with Crippen molar-refractivity contribution < 1.29 is 4.39 Å². The Morgan fingerprint density at radius 1 is 1.58 bits per heavy atom. The molecule has 12 heavy (non-hydrogen) atoms. The molecule has 4 heteroatoms. The van der Waals surface area contributed by atoms with E-state index >= 15 is 0 Å². The molecule has 2 nitrogen and oxygen atoms in total. The van der Waals surface area contributed by atoms with Crippen LogP contribution in [0.15, 0.2) is 6.20 Å². The van der Waals surface area contributed by atoms with Crippen LogP contribution >= 0.6 is 11.6 Å². The van der Waals surface area contributed by atoms with Crippen molar-refractivity contribution in [2.75, 3.05) is 0 Å². The second kappa shape index (κ2) is 3.81. The molecule has 0 aromatic carbocycles. The first-order valence-electron chi connectivity index (χ1n) is 3.76. The maximum absolute atomic E-state index is 12.9.